The van der Waals surface area contributed by atoms with Gasteiger partial charge in [0.05, 0.1) is 6.61 Å². The van der Waals surface area contributed by atoms with E-state index in [1.807, 2.05) is 0 Å². The maximum absolute atomic E-state index is 9.50. The monoisotopic (exact) mass is 186 g/mol. The van der Waals surface area contributed by atoms with E-state index in [9.17, 15) is 5.11 Å². The van der Waals surface area contributed by atoms with E-state index in [1.165, 1.54) is 6.08 Å². The molecule has 1 heterocycles. The van der Waals surface area contributed by atoms with Crippen LogP contribution in [0.15, 0.2) is 12.7 Å². The van der Waals surface area contributed by atoms with Crippen LogP contribution in [0, 0.1) is 0 Å². The quantitative estimate of drug-likeness (QED) is 0.368. The van der Waals surface area contributed by atoms with E-state index in [0.717, 1.165) is 12.8 Å². The molecular weight excluding hydrogens is 168 g/mol. The maximum atomic E-state index is 9.50. The molecule has 0 aromatic carbocycles. The van der Waals surface area contributed by atoms with Crippen LogP contribution in [-0.2, 0) is 9.47 Å². The first-order valence-electron chi connectivity index (χ1n) is 4.83. The summed E-state index contributed by atoms with van der Waals surface area (Å²) < 4.78 is 10.6. The molecule has 3 unspecified atom stereocenters. The first-order valence-corrected chi connectivity index (χ1v) is 4.83. The van der Waals surface area contributed by atoms with Crippen molar-refractivity contribution in [2.24, 2.45) is 0 Å². The molecule has 76 valence electrons. The molecule has 1 N–H and O–H groups in total. The van der Waals surface area contributed by atoms with Gasteiger partial charge in [0, 0.05) is 6.61 Å². The molecule has 3 nitrogen and oxygen atoms in total. The molecule has 0 saturated carbocycles. The zero-order valence-corrected chi connectivity index (χ0v) is 8.11. The van der Waals surface area contributed by atoms with Crippen molar-refractivity contribution in [2.75, 3.05) is 13.2 Å². The summed E-state index contributed by atoms with van der Waals surface area (Å²) in [4.78, 5) is 0. The van der Waals surface area contributed by atoms with Crippen molar-refractivity contribution in [2.45, 2.75) is 38.1 Å². The van der Waals surface area contributed by atoms with E-state index in [1.54, 1.807) is 0 Å². The fourth-order valence-electron chi connectivity index (χ4n) is 1.17. The molecule has 1 rings (SSSR count). The molecule has 0 aromatic rings. The van der Waals surface area contributed by atoms with Crippen LogP contribution in [0.25, 0.3) is 0 Å². The number of rotatable bonds is 7. The molecule has 13 heavy (non-hydrogen) atoms. The Bertz CT molecular complexity index is 154. The normalized spacial score (nSPS) is 25.2. The summed E-state index contributed by atoms with van der Waals surface area (Å²) in [6, 6.07) is 0. The second-order valence-corrected chi connectivity index (χ2v) is 3.29. The minimum Gasteiger partial charge on any atom is -0.386 e. The Morgan fingerprint density at radius 3 is 2.92 bits per heavy atom. The van der Waals surface area contributed by atoms with Crippen LogP contribution in [-0.4, -0.2) is 36.6 Å². The lowest BCUT2D eigenvalue weighted by molar-refractivity contribution is -0.0326. The second-order valence-electron chi connectivity index (χ2n) is 3.29. The van der Waals surface area contributed by atoms with Crippen LogP contribution in [0.3, 0.4) is 0 Å². The third-order valence-electron chi connectivity index (χ3n) is 2.11. The van der Waals surface area contributed by atoms with E-state index in [-0.39, 0.29) is 12.2 Å². The van der Waals surface area contributed by atoms with Crippen LogP contribution in [0.4, 0.5) is 0 Å². The van der Waals surface area contributed by atoms with Crippen molar-refractivity contribution in [1.82, 2.24) is 0 Å². The van der Waals surface area contributed by atoms with Crippen LogP contribution >= 0.6 is 0 Å². The third-order valence-corrected chi connectivity index (χ3v) is 2.11. The minimum atomic E-state index is -0.607. The molecule has 1 aliphatic heterocycles. The van der Waals surface area contributed by atoms with E-state index < -0.39 is 6.10 Å². The van der Waals surface area contributed by atoms with E-state index in [2.05, 4.69) is 13.5 Å². The predicted octanol–water partition coefficient (Wildman–Crippen LogP) is 1.12. The zero-order chi connectivity index (χ0) is 9.68. The lowest BCUT2D eigenvalue weighted by atomic mass is 10.1. The molecule has 1 fully saturated rings. The Balaban J connectivity index is 2.25. The average Bonchev–Trinajstić information content (AvgIpc) is 2.95. The fraction of sp³-hybridized carbons (Fsp3) is 0.800. The topological polar surface area (TPSA) is 42.0 Å². The summed E-state index contributed by atoms with van der Waals surface area (Å²) in [7, 11) is 0. The Labute approximate surface area is 79.3 Å². The lowest BCUT2D eigenvalue weighted by Crippen LogP contribution is -2.32. The molecule has 0 spiro atoms. The smallest absolute Gasteiger partial charge is 0.115 e. The Hall–Kier alpha value is -0.380. The molecule has 0 aliphatic carbocycles. The highest BCUT2D eigenvalue weighted by molar-refractivity contribution is 4.93. The molecule has 0 amide bonds. The highest BCUT2D eigenvalue weighted by Crippen LogP contribution is 2.20. The van der Waals surface area contributed by atoms with Crippen molar-refractivity contribution in [1.29, 1.82) is 0 Å². The number of aliphatic hydroxyl groups is 1. The summed E-state index contributed by atoms with van der Waals surface area (Å²) in [6.07, 6.45) is 2.87. The zero-order valence-electron chi connectivity index (χ0n) is 8.11. The van der Waals surface area contributed by atoms with Crippen LogP contribution in [0.5, 0.6) is 0 Å². The van der Waals surface area contributed by atoms with Crippen molar-refractivity contribution in [3.63, 3.8) is 0 Å². The number of aliphatic hydroxyl groups excluding tert-OH is 1. The van der Waals surface area contributed by atoms with Gasteiger partial charge in [0.15, 0.2) is 0 Å². The van der Waals surface area contributed by atoms with Gasteiger partial charge in [-0.2, -0.15) is 0 Å². The Kier molecular flexibility index (Phi) is 4.42. The van der Waals surface area contributed by atoms with Crippen molar-refractivity contribution >= 4 is 0 Å². The highest BCUT2D eigenvalue weighted by Gasteiger charge is 2.37. The SMILES string of the molecule is C=CC(O)C(OCCCC)C1CO1. The van der Waals surface area contributed by atoms with Gasteiger partial charge >= 0.3 is 0 Å². The van der Waals surface area contributed by atoms with Gasteiger partial charge in [-0.15, -0.1) is 6.58 Å². The molecule has 0 bridgehead atoms. The molecular formula is C10H18O3. The minimum absolute atomic E-state index is 0.0739. The number of hydrogen-bond donors (Lipinski definition) is 1. The number of epoxide rings is 1. The molecule has 1 saturated heterocycles. The van der Waals surface area contributed by atoms with Crippen molar-refractivity contribution in [3.8, 4) is 0 Å². The van der Waals surface area contributed by atoms with E-state index >= 15 is 0 Å². The van der Waals surface area contributed by atoms with E-state index in [4.69, 9.17) is 9.47 Å². The van der Waals surface area contributed by atoms with Crippen molar-refractivity contribution in [3.05, 3.63) is 12.7 Å². The van der Waals surface area contributed by atoms with Gasteiger partial charge in [0.2, 0.25) is 0 Å². The maximum Gasteiger partial charge on any atom is 0.115 e. The largest absolute Gasteiger partial charge is 0.386 e. The summed E-state index contributed by atoms with van der Waals surface area (Å²) in [5, 5.41) is 9.50. The Morgan fingerprint density at radius 1 is 1.77 bits per heavy atom. The predicted molar refractivity (Wildman–Crippen MR) is 50.6 cm³/mol. The average molecular weight is 186 g/mol. The Morgan fingerprint density at radius 2 is 2.46 bits per heavy atom. The summed E-state index contributed by atoms with van der Waals surface area (Å²) in [6.45, 7) is 7.02. The van der Waals surface area contributed by atoms with Crippen LogP contribution in [0.2, 0.25) is 0 Å². The first-order chi connectivity index (χ1) is 6.29. The molecule has 1 aliphatic rings. The van der Waals surface area contributed by atoms with Gasteiger partial charge < -0.3 is 14.6 Å². The highest BCUT2D eigenvalue weighted by atomic mass is 16.6. The molecule has 0 aromatic heterocycles. The molecule has 3 atom stereocenters. The van der Waals surface area contributed by atoms with Crippen molar-refractivity contribution < 1.29 is 14.6 Å². The van der Waals surface area contributed by atoms with Gasteiger partial charge in [-0.1, -0.05) is 19.4 Å². The van der Waals surface area contributed by atoms with Crippen LogP contribution in [0.1, 0.15) is 19.8 Å². The summed E-state index contributed by atoms with van der Waals surface area (Å²) in [5.41, 5.74) is 0. The van der Waals surface area contributed by atoms with Gasteiger partial charge in [-0.3, -0.25) is 0 Å². The van der Waals surface area contributed by atoms with E-state index in [0.29, 0.717) is 13.2 Å². The summed E-state index contributed by atoms with van der Waals surface area (Å²) in [5.74, 6) is 0. The van der Waals surface area contributed by atoms with Gasteiger partial charge in [-0.05, 0) is 6.42 Å². The lowest BCUT2D eigenvalue weighted by Gasteiger charge is -2.18. The number of unbranched alkanes of at least 4 members (excludes halogenated alkanes) is 1. The van der Waals surface area contributed by atoms with Gasteiger partial charge in [0.1, 0.15) is 18.3 Å². The molecule has 0 radical (unpaired) electrons. The third kappa shape index (κ3) is 3.46. The standard InChI is InChI=1S/C10H18O3/c1-3-5-6-12-10(8(11)4-2)9-7-13-9/h4,8-11H,2-3,5-7H2,1H3. The summed E-state index contributed by atoms with van der Waals surface area (Å²) >= 11 is 0. The first kappa shape index (κ1) is 10.7. The van der Waals surface area contributed by atoms with Crippen LogP contribution < -0.4 is 0 Å². The number of hydrogen-bond acceptors (Lipinski definition) is 3. The fourth-order valence-corrected chi connectivity index (χ4v) is 1.17. The number of ether oxygens (including phenoxy) is 2. The molecule has 3 heteroatoms. The van der Waals surface area contributed by atoms with Gasteiger partial charge in [0.25, 0.3) is 0 Å². The second kappa shape index (κ2) is 5.37. The van der Waals surface area contributed by atoms with Gasteiger partial charge in [-0.25, -0.2) is 0 Å².